The molecule has 0 saturated carbocycles. The number of carbonyl (C=O) groups is 1. The van der Waals surface area contributed by atoms with Crippen LogP contribution in [0.3, 0.4) is 0 Å². The highest BCUT2D eigenvalue weighted by atomic mass is 16.5. The minimum atomic E-state index is -0.367. The summed E-state index contributed by atoms with van der Waals surface area (Å²) >= 11 is 0. The van der Waals surface area contributed by atoms with Gasteiger partial charge < -0.3 is 20.1 Å². The quantitative estimate of drug-likeness (QED) is 0.872. The Hall–Kier alpha value is -2.83. The average Bonchev–Trinajstić information content (AvgIpc) is 2.55. The highest BCUT2D eigenvalue weighted by Crippen LogP contribution is 2.29. The predicted octanol–water partition coefficient (Wildman–Crippen LogP) is 1.79. The summed E-state index contributed by atoms with van der Waals surface area (Å²) in [4.78, 5) is 20.2. The Bertz CT molecular complexity index is 629. The zero-order chi connectivity index (χ0) is 15.2. The van der Waals surface area contributed by atoms with Gasteiger partial charge in [0.05, 0.1) is 32.3 Å². The molecule has 0 radical (unpaired) electrons. The van der Waals surface area contributed by atoms with Crippen LogP contribution >= 0.6 is 0 Å². The number of nitrogens with zero attached hydrogens (tertiary/aromatic N) is 2. The van der Waals surface area contributed by atoms with Crippen molar-refractivity contribution in [2.45, 2.75) is 0 Å². The second kappa shape index (κ2) is 6.56. The molecule has 0 bridgehead atoms. The van der Waals surface area contributed by atoms with E-state index in [0.29, 0.717) is 23.0 Å². The van der Waals surface area contributed by atoms with Crippen LogP contribution in [0.15, 0.2) is 30.6 Å². The molecule has 2 aromatic rings. The Morgan fingerprint density at radius 1 is 1.14 bits per heavy atom. The maximum absolute atomic E-state index is 12.1. The van der Waals surface area contributed by atoms with Crippen LogP contribution in [-0.2, 0) is 0 Å². The molecule has 2 rings (SSSR count). The number of hydrogen-bond donors (Lipinski definition) is 2. The number of anilines is 2. The van der Waals surface area contributed by atoms with E-state index >= 15 is 0 Å². The number of aromatic nitrogens is 2. The van der Waals surface area contributed by atoms with Crippen molar-refractivity contribution in [2.75, 3.05) is 31.9 Å². The molecule has 0 unspecified atom stereocenters. The van der Waals surface area contributed by atoms with Crippen molar-refractivity contribution in [3.63, 3.8) is 0 Å². The van der Waals surface area contributed by atoms with Crippen LogP contribution in [0, 0.1) is 0 Å². The van der Waals surface area contributed by atoms with Crippen LogP contribution < -0.4 is 20.1 Å². The third-order valence-corrected chi connectivity index (χ3v) is 2.80. The molecule has 1 amide bonds. The summed E-state index contributed by atoms with van der Waals surface area (Å²) in [5.74, 6) is 1.37. The van der Waals surface area contributed by atoms with E-state index in [1.807, 2.05) is 0 Å². The number of nitrogens with one attached hydrogen (secondary N) is 2. The average molecular weight is 288 g/mol. The maximum atomic E-state index is 12.1. The first kappa shape index (κ1) is 14.6. The Labute approximate surface area is 122 Å². The molecule has 0 spiro atoms. The van der Waals surface area contributed by atoms with Crippen LogP contribution in [0.2, 0.25) is 0 Å². The third kappa shape index (κ3) is 3.38. The Balaban J connectivity index is 2.18. The summed E-state index contributed by atoms with van der Waals surface area (Å²) < 4.78 is 10.3. The molecule has 0 atom stereocenters. The molecule has 110 valence electrons. The van der Waals surface area contributed by atoms with Crippen LogP contribution in [0.1, 0.15) is 10.5 Å². The van der Waals surface area contributed by atoms with Crippen molar-refractivity contribution in [3.05, 3.63) is 36.3 Å². The summed E-state index contributed by atoms with van der Waals surface area (Å²) in [5.41, 5.74) is 0.745. The van der Waals surface area contributed by atoms with Gasteiger partial charge in [0.2, 0.25) is 0 Å². The normalized spacial score (nSPS) is 9.86. The van der Waals surface area contributed by atoms with Crippen LogP contribution in [-0.4, -0.2) is 37.1 Å². The molecule has 7 nitrogen and oxygen atoms in total. The van der Waals surface area contributed by atoms with Gasteiger partial charge in [0.25, 0.3) is 5.91 Å². The van der Waals surface area contributed by atoms with E-state index in [1.165, 1.54) is 19.5 Å². The highest BCUT2D eigenvalue weighted by molar-refractivity contribution is 6.03. The lowest BCUT2D eigenvalue weighted by Gasteiger charge is -2.11. The zero-order valence-electron chi connectivity index (χ0n) is 12.0. The third-order valence-electron chi connectivity index (χ3n) is 2.80. The van der Waals surface area contributed by atoms with Gasteiger partial charge in [-0.1, -0.05) is 0 Å². The van der Waals surface area contributed by atoms with E-state index in [0.717, 1.165) is 0 Å². The lowest BCUT2D eigenvalue weighted by molar-refractivity contribution is 0.102. The Morgan fingerprint density at radius 3 is 2.52 bits per heavy atom. The van der Waals surface area contributed by atoms with Crippen molar-refractivity contribution < 1.29 is 14.3 Å². The van der Waals surface area contributed by atoms with Crippen molar-refractivity contribution >= 4 is 17.4 Å². The standard InChI is InChI=1S/C14H16N4O3/c1-15-13-8-16-11(7-17-13)14(19)18-10-5-4-9(20-2)6-12(10)21-3/h4-8H,1-3H3,(H,15,17)(H,18,19). The lowest BCUT2D eigenvalue weighted by Crippen LogP contribution is -2.15. The number of amides is 1. The zero-order valence-corrected chi connectivity index (χ0v) is 12.0. The Morgan fingerprint density at radius 2 is 1.95 bits per heavy atom. The molecule has 21 heavy (non-hydrogen) atoms. The number of benzene rings is 1. The smallest absolute Gasteiger partial charge is 0.275 e. The molecule has 1 aromatic heterocycles. The van der Waals surface area contributed by atoms with E-state index < -0.39 is 0 Å². The van der Waals surface area contributed by atoms with E-state index in [1.54, 1.807) is 32.4 Å². The van der Waals surface area contributed by atoms with Gasteiger partial charge >= 0.3 is 0 Å². The van der Waals surface area contributed by atoms with Gasteiger partial charge in [-0.3, -0.25) is 4.79 Å². The van der Waals surface area contributed by atoms with Gasteiger partial charge in [0.15, 0.2) is 0 Å². The molecule has 2 N–H and O–H groups in total. The molecule has 1 aromatic carbocycles. The number of rotatable bonds is 5. The number of carbonyl (C=O) groups excluding carboxylic acids is 1. The van der Waals surface area contributed by atoms with E-state index in [2.05, 4.69) is 20.6 Å². The molecule has 0 aliphatic heterocycles. The predicted molar refractivity (Wildman–Crippen MR) is 79.1 cm³/mol. The maximum Gasteiger partial charge on any atom is 0.275 e. The lowest BCUT2D eigenvalue weighted by atomic mass is 10.2. The van der Waals surface area contributed by atoms with Crippen LogP contribution in [0.5, 0.6) is 11.5 Å². The molecule has 0 saturated heterocycles. The number of ether oxygens (including phenoxy) is 2. The van der Waals surface area contributed by atoms with Crippen molar-refractivity contribution in [1.82, 2.24) is 9.97 Å². The van der Waals surface area contributed by atoms with Crippen LogP contribution in [0.25, 0.3) is 0 Å². The molecular formula is C14H16N4O3. The molecule has 0 aliphatic carbocycles. The molecule has 7 heteroatoms. The minimum Gasteiger partial charge on any atom is -0.497 e. The van der Waals surface area contributed by atoms with Gasteiger partial charge in [0.1, 0.15) is 23.0 Å². The van der Waals surface area contributed by atoms with Gasteiger partial charge in [-0.25, -0.2) is 9.97 Å². The first-order valence-corrected chi connectivity index (χ1v) is 6.21. The fourth-order valence-electron chi connectivity index (χ4n) is 1.66. The molecule has 0 aliphatic rings. The molecular weight excluding hydrogens is 272 g/mol. The van der Waals surface area contributed by atoms with Crippen molar-refractivity contribution in [2.24, 2.45) is 0 Å². The fourth-order valence-corrected chi connectivity index (χ4v) is 1.66. The minimum absolute atomic E-state index is 0.215. The number of hydrogen-bond acceptors (Lipinski definition) is 6. The topological polar surface area (TPSA) is 85.4 Å². The second-order valence-electron chi connectivity index (χ2n) is 4.06. The van der Waals surface area contributed by atoms with Crippen LogP contribution in [0.4, 0.5) is 11.5 Å². The monoisotopic (exact) mass is 288 g/mol. The summed E-state index contributed by atoms with van der Waals surface area (Å²) in [7, 11) is 4.81. The fraction of sp³-hybridized carbons (Fsp3) is 0.214. The second-order valence-corrected chi connectivity index (χ2v) is 4.06. The molecule has 0 fully saturated rings. The first-order valence-electron chi connectivity index (χ1n) is 6.21. The number of methoxy groups -OCH3 is 2. The highest BCUT2D eigenvalue weighted by Gasteiger charge is 2.12. The van der Waals surface area contributed by atoms with Gasteiger partial charge in [-0.15, -0.1) is 0 Å². The van der Waals surface area contributed by atoms with Gasteiger partial charge in [-0.2, -0.15) is 0 Å². The molecule has 1 heterocycles. The largest absolute Gasteiger partial charge is 0.497 e. The summed E-state index contributed by atoms with van der Waals surface area (Å²) in [6.45, 7) is 0. The Kier molecular flexibility index (Phi) is 4.55. The first-order chi connectivity index (χ1) is 10.2. The summed E-state index contributed by atoms with van der Waals surface area (Å²) in [6.07, 6.45) is 2.89. The SMILES string of the molecule is CNc1cnc(C(=O)Nc2ccc(OC)cc2OC)cn1. The van der Waals surface area contributed by atoms with E-state index in [4.69, 9.17) is 9.47 Å². The van der Waals surface area contributed by atoms with E-state index in [9.17, 15) is 4.79 Å². The van der Waals surface area contributed by atoms with E-state index in [-0.39, 0.29) is 11.6 Å². The van der Waals surface area contributed by atoms with Gasteiger partial charge in [0, 0.05) is 13.1 Å². The van der Waals surface area contributed by atoms with Crippen molar-refractivity contribution in [3.8, 4) is 11.5 Å². The summed E-state index contributed by atoms with van der Waals surface area (Å²) in [5, 5.41) is 5.56. The summed E-state index contributed by atoms with van der Waals surface area (Å²) in [6, 6.07) is 5.12. The van der Waals surface area contributed by atoms with Crippen molar-refractivity contribution in [1.29, 1.82) is 0 Å². The van der Waals surface area contributed by atoms with Gasteiger partial charge in [-0.05, 0) is 12.1 Å².